The highest BCUT2D eigenvalue weighted by atomic mass is 16.5. The Balaban J connectivity index is 1.86. The molecule has 2 N–H and O–H groups in total. The molecule has 0 bridgehead atoms. The van der Waals surface area contributed by atoms with E-state index in [2.05, 4.69) is 31.1 Å². The van der Waals surface area contributed by atoms with Crippen molar-refractivity contribution < 1.29 is 4.74 Å². The van der Waals surface area contributed by atoms with Crippen molar-refractivity contribution in [3.8, 4) is 5.75 Å². The molecule has 0 unspecified atom stereocenters. The highest BCUT2D eigenvalue weighted by Gasteiger charge is 2.18. The minimum Gasteiger partial charge on any atom is -0.494 e. The van der Waals surface area contributed by atoms with Crippen LogP contribution in [0.25, 0.3) is 0 Å². The lowest BCUT2D eigenvalue weighted by Gasteiger charge is -2.11. The van der Waals surface area contributed by atoms with Crippen LogP contribution in [0.2, 0.25) is 0 Å². The van der Waals surface area contributed by atoms with Gasteiger partial charge in [-0.1, -0.05) is 6.07 Å². The van der Waals surface area contributed by atoms with Crippen molar-refractivity contribution in [2.75, 3.05) is 27.2 Å². The van der Waals surface area contributed by atoms with E-state index < -0.39 is 0 Å². The van der Waals surface area contributed by atoms with Gasteiger partial charge in [0.15, 0.2) is 0 Å². The van der Waals surface area contributed by atoms with Gasteiger partial charge >= 0.3 is 0 Å². The molecule has 3 heteroatoms. The van der Waals surface area contributed by atoms with Crippen molar-refractivity contribution in [1.82, 2.24) is 4.90 Å². The van der Waals surface area contributed by atoms with Crippen LogP contribution in [0.4, 0.5) is 0 Å². The van der Waals surface area contributed by atoms with Gasteiger partial charge in [-0.15, -0.1) is 0 Å². The number of hydrogen-bond acceptors (Lipinski definition) is 3. The Bertz CT molecular complexity index is 376. The largest absolute Gasteiger partial charge is 0.494 e. The molecule has 0 aliphatic heterocycles. The summed E-state index contributed by atoms with van der Waals surface area (Å²) in [5.41, 5.74) is 8.67. The average Bonchev–Trinajstić information content (AvgIpc) is 2.66. The number of aryl methyl sites for hydroxylation is 1. The summed E-state index contributed by atoms with van der Waals surface area (Å²) in [5, 5.41) is 0. The van der Waals surface area contributed by atoms with E-state index in [-0.39, 0.29) is 6.04 Å². The maximum atomic E-state index is 6.01. The highest BCUT2D eigenvalue weighted by molar-refractivity contribution is 5.40. The molecule has 94 valence electrons. The number of nitrogens with zero attached hydrogens (tertiary/aromatic N) is 1. The third-order valence-corrected chi connectivity index (χ3v) is 3.26. The first-order chi connectivity index (χ1) is 8.16. The molecular formula is C14H22N2O. The quantitative estimate of drug-likeness (QED) is 0.792. The number of hydrogen-bond donors (Lipinski definition) is 1. The molecule has 0 fully saturated rings. The van der Waals surface area contributed by atoms with Crippen molar-refractivity contribution in [2.45, 2.75) is 25.3 Å². The van der Waals surface area contributed by atoms with Gasteiger partial charge in [0.1, 0.15) is 5.75 Å². The van der Waals surface area contributed by atoms with E-state index in [4.69, 9.17) is 10.5 Å². The molecule has 0 amide bonds. The zero-order valence-electron chi connectivity index (χ0n) is 10.8. The first-order valence-electron chi connectivity index (χ1n) is 6.33. The van der Waals surface area contributed by atoms with Crippen molar-refractivity contribution >= 4 is 0 Å². The number of ether oxygens (including phenoxy) is 1. The van der Waals surface area contributed by atoms with Gasteiger partial charge in [-0.25, -0.2) is 0 Å². The molecule has 1 aliphatic rings. The zero-order chi connectivity index (χ0) is 12.3. The Morgan fingerprint density at radius 2 is 2.24 bits per heavy atom. The Hall–Kier alpha value is -1.06. The fourth-order valence-corrected chi connectivity index (χ4v) is 2.29. The number of benzene rings is 1. The predicted octanol–water partition coefficient (Wildman–Crippen LogP) is 1.96. The van der Waals surface area contributed by atoms with Crippen LogP contribution < -0.4 is 10.5 Å². The highest BCUT2D eigenvalue weighted by Crippen LogP contribution is 2.31. The first kappa shape index (κ1) is 12.4. The van der Waals surface area contributed by atoms with Gasteiger partial charge in [0.25, 0.3) is 0 Å². The second-order valence-electron chi connectivity index (χ2n) is 5.01. The molecule has 0 saturated heterocycles. The van der Waals surface area contributed by atoms with Crippen molar-refractivity contribution in [3.63, 3.8) is 0 Å². The summed E-state index contributed by atoms with van der Waals surface area (Å²) in [5.74, 6) is 0.983. The predicted molar refractivity (Wildman–Crippen MR) is 70.4 cm³/mol. The molecule has 0 saturated carbocycles. The van der Waals surface area contributed by atoms with Crippen LogP contribution in [-0.4, -0.2) is 32.1 Å². The zero-order valence-corrected chi connectivity index (χ0v) is 10.8. The summed E-state index contributed by atoms with van der Waals surface area (Å²) in [7, 11) is 4.16. The van der Waals surface area contributed by atoms with Crippen LogP contribution in [0, 0.1) is 0 Å². The van der Waals surface area contributed by atoms with Crippen molar-refractivity contribution in [2.24, 2.45) is 5.73 Å². The topological polar surface area (TPSA) is 38.5 Å². The van der Waals surface area contributed by atoms with Gasteiger partial charge in [0, 0.05) is 12.6 Å². The van der Waals surface area contributed by atoms with Gasteiger partial charge < -0.3 is 15.4 Å². The molecule has 0 heterocycles. The van der Waals surface area contributed by atoms with E-state index in [1.807, 2.05) is 6.07 Å². The van der Waals surface area contributed by atoms with E-state index in [1.54, 1.807) is 0 Å². The van der Waals surface area contributed by atoms with Crippen molar-refractivity contribution in [3.05, 3.63) is 29.3 Å². The molecule has 0 aromatic heterocycles. The molecule has 3 nitrogen and oxygen atoms in total. The van der Waals surface area contributed by atoms with Gasteiger partial charge in [-0.3, -0.25) is 0 Å². The summed E-state index contributed by atoms with van der Waals surface area (Å²) in [6.45, 7) is 1.85. The lowest BCUT2D eigenvalue weighted by molar-refractivity contribution is 0.281. The average molecular weight is 234 g/mol. The summed E-state index contributed by atoms with van der Waals surface area (Å²) < 4.78 is 5.75. The molecular weight excluding hydrogens is 212 g/mol. The molecule has 2 rings (SSSR count). The Morgan fingerprint density at radius 3 is 3.00 bits per heavy atom. The summed E-state index contributed by atoms with van der Waals surface area (Å²) in [4.78, 5) is 2.17. The molecule has 1 aromatic rings. The number of rotatable bonds is 5. The summed E-state index contributed by atoms with van der Waals surface area (Å²) in [6.07, 6.45) is 3.22. The van der Waals surface area contributed by atoms with Crippen LogP contribution in [0.15, 0.2) is 18.2 Å². The van der Waals surface area contributed by atoms with Gasteiger partial charge in [0.2, 0.25) is 0 Å². The van der Waals surface area contributed by atoms with Crippen LogP contribution >= 0.6 is 0 Å². The maximum Gasteiger partial charge on any atom is 0.119 e. The minimum absolute atomic E-state index is 0.229. The van der Waals surface area contributed by atoms with E-state index in [9.17, 15) is 0 Å². The number of fused-ring (bicyclic) bond motifs is 1. The number of nitrogens with two attached hydrogens (primary N) is 1. The molecule has 0 spiro atoms. The van der Waals surface area contributed by atoms with E-state index in [0.717, 1.165) is 38.2 Å². The smallest absolute Gasteiger partial charge is 0.119 e. The molecule has 0 radical (unpaired) electrons. The second-order valence-corrected chi connectivity index (χ2v) is 5.01. The minimum atomic E-state index is 0.229. The normalized spacial score (nSPS) is 18.5. The SMILES string of the molecule is CN(C)CCCOc1ccc2c(c1)CC[C@H]2N. The van der Waals surface area contributed by atoms with Gasteiger partial charge in [0.05, 0.1) is 6.61 Å². The lowest BCUT2D eigenvalue weighted by Crippen LogP contribution is -2.15. The third kappa shape index (κ3) is 3.20. The third-order valence-electron chi connectivity index (χ3n) is 3.26. The Labute approximate surface area is 104 Å². The lowest BCUT2D eigenvalue weighted by atomic mass is 10.1. The summed E-state index contributed by atoms with van der Waals surface area (Å²) in [6, 6.07) is 6.54. The fraction of sp³-hybridized carbons (Fsp3) is 0.571. The first-order valence-corrected chi connectivity index (χ1v) is 6.33. The molecule has 1 atom stereocenters. The van der Waals surface area contributed by atoms with Crippen LogP contribution in [0.1, 0.15) is 30.0 Å². The summed E-state index contributed by atoms with van der Waals surface area (Å²) >= 11 is 0. The fourth-order valence-electron chi connectivity index (χ4n) is 2.29. The molecule has 1 aliphatic carbocycles. The van der Waals surface area contributed by atoms with E-state index >= 15 is 0 Å². The monoisotopic (exact) mass is 234 g/mol. The Morgan fingerprint density at radius 1 is 1.41 bits per heavy atom. The van der Waals surface area contributed by atoms with Crippen LogP contribution in [0.5, 0.6) is 5.75 Å². The maximum absolute atomic E-state index is 6.01. The van der Waals surface area contributed by atoms with Crippen LogP contribution in [-0.2, 0) is 6.42 Å². The van der Waals surface area contributed by atoms with Crippen LogP contribution in [0.3, 0.4) is 0 Å². The second kappa shape index (κ2) is 5.52. The standard InChI is InChI=1S/C14H22N2O/c1-16(2)8-3-9-17-12-5-6-13-11(10-12)4-7-14(13)15/h5-6,10,14H,3-4,7-9,15H2,1-2H3/t14-/m1/s1. The van der Waals surface area contributed by atoms with E-state index in [0.29, 0.717) is 0 Å². The molecule has 17 heavy (non-hydrogen) atoms. The van der Waals surface area contributed by atoms with Gasteiger partial charge in [-0.2, -0.15) is 0 Å². The van der Waals surface area contributed by atoms with Gasteiger partial charge in [-0.05, 0) is 56.6 Å². The molecule has 1 aromatic carbocycles. The Kier molecular flexibility index (Phi) is 4.02. The van der Waals surface area contributed by atoms with Crippen molar-refractivity contribution in [1.29, 1.82) is 0 Å². The van der Waals surface area contributed by atoms with E-state index in [1.165, 1.54) is 11.1 Å².